The van der Waals surface area contributed by atoms with Crippen molar-refractivity contribution in [3.05, 3.63) is 58.0 Å². The van der Waals surface area contributed by atoms with Crippen LogP contribution < -0.4 is 5.32 Å². The van der Waals surface area contributed by atoms with Crippen LogP contribution in [-0.2, 0) is 12.8 Å². The molecule has 1 atom stereocenters. The van der Waals surface area contributed by atoms with Crippen LogP contribution in [0.25, 0.3) is 0 Å². The van der Waals surface area contributed by atoms with Crippen LogP contribution >= 0.6 is 11.3 Å². The number of benzene rings is 1. The van der Waals surface area contributed by atoms with Crippen LogP contribution in [0.15, 0.2) is 41.1 Å². The minimum Gasteiger partial charge on any atom is -0.317 e. The lowest BCUT2D eigenvalue weighted by Gasteiger charge is -2.17. The van der Waals surface area contributed by atoms with Gasteiger partial charge in [-0.2, -0.15) is 11.3 Å². The molecule has 1 heterocycles. The predicted octanol–water partition coefficient (Wildman–Crippen LogP) is 3.90. The van der Waals surface area contributed by atoms with Gasteiger partial charge < -0.3 is 5.32 Å². The zero-order valence-corrected chi connectivity index (χ0v) is 12.0. The molecule has 1 nitrogen and oxygen atoms in total. The van der Waals surface area contributed by atoms with Crippen LogP contribution in [0.5, 0.6) is 0 Å². The molecular weight excluding hydrogens is 257 g/mol. The summed E-state index contributed by atoms with van der Waals surface area (Å²) in [6.07, 6.45) is 1.79. The summed E-state index contributed by atoms with van der Waals surface area (Å²) in [5.41, 5.74) is 2.17. The first-order chi connectivity index (χ1) is 9.29. The quantitative estimate of drug-likeness (QED) is 0.809. The van der Waals surface area contributed by atoms with Gasteiger partial charge in [-0.1, -0.05) is 25.1 Å². The first-order valence-corrected chi connectivity index (χ1v) is 7.69. The SMILES string of the molecule is CCNCC(Cc1ccsc1)Cc1ccccc1F. The Balaban J connectivity index is 2.03. The maximum Gasteiger partial charge on any atom is 0.126 e. The van der Waals surface area contributed by atoms with E-state index in [9.17, 15) is 4.39 Å². The highest BCUT2D eigenvalue weighted by molar-refractivity contribution is 7.07. The minimum absolute atomic E-state index is 0.0886. The van der Waals surface area contributed by atoms with Gasteiger partial charge in [-0.05, 0) is 65.9 Å². The molecule has 3 heteroatoms. The Morgan fingerprint density at radius 2 is 2.05 bits per heavy atom. The molecule has 1 aromatic heterocycles. The summed E-state index contributed by atoms with van der Waals surface area (Å²) in [5.74, 6) is 0.348. The molecule has 2 rings (SSSR count). The first kappa shape index (κ1) is 14.2. The van der Waals surface area contributed by atoms with Crippen molar-refractivity contribution in [2.75, 3.05) is 13.1 Å². The van der Waals surface area contributed by atoms with Crippen molar-refractivity contribution in [3.63, 3.8) is 0 Å². The third kappa shape index (κ3) is 4.44. The second-order valence-corrected chi connectivity index (χ2v) is 5.58. The van der Waals surface area contributed by atoms with E-state index in [1.165, 1.54) is 5.56 Å². The van der Waals surface area contributed by atoms with Gasteiger partial charge in [0.1, 0.15) is 5.82 Å². The number of rotatable bonds is 7. The lowest BCUT2D eigenvalue weighted by molar-refractivity contribution is 0.467. The second-order valence-electron chi connectivity index (χ2n) is 4.80. The fraction of sp³-hybridized carbons (Fsp3) is 0.375. The highest BCUT2D eigenvalue weighted by Gasteiger charge is 2.13. The fourth-order valence-electron chi connectivity index (χ4n) is 2.28. The molecule has 0 bridgehead atoms. The van der Waals surface area contributed by atoms with Gasteiger partial charge in [-0.15, -0.1) is 0 Å². The molecule has 1 unspecified atom stereocenters. The Hall–Kier alpha value is -1.19. The Kier molecular flexibility index (Phi) is 5.55. The Morgan fingerprint density at radius 1 is 1.21 bits per heavy atom. The molecule has 2 aromatic rings. The van der Waals surface area contributed by atoms with E-state index in [1.54, 1.807) is 23.5 Å². The molecule has 1 N–H and O–H groups in total. The van der Waals surface area contributed by atoms with Crippen molar-refractivity contribution < 1.29 is 4.39 Å². The smallest absolute Gasteiger partial charge is 0.126 e. The van der Waals surface area contributed by atoms with E-state index < -0.39 is 0 Å². The lowest BCUT2D eigenvalue weighted by Crippen LogP contribution is -2.25. The van der Waals surface area contributed by atoms with Crippen molar-refractivity contribution in [2.24, 2.45) is 5.92 Å². The molecule has 102 valence electrons. The normalized spacial score (nSPS) is 12.5. The average molecular weight is 277 g/mol. The third-order valence-corrected chi connectivity index (χ3v) is 3.99. The van der Waals surface area contributed by atoms with Gasteiger partial charge in [0, 0.05) is 0 Å². The van der Waals surface area contributed by atoms with Crippen LogP contribution in [0, 0.1) is 11.7 Å². The molecule has 0 spiro atoms. The number of nitrogens with one attached hydrogen (secondary N) is 1. The molecule has 0 aliphatic rings. The number of thiophene rings is 1. The molecule has 19 heavy (non-hydrogen) atoms. The van der Waals surface area contributed by atoms with Crippen LogP contribution in [0.1, 0.15) is 18.1 Å². The van der Waals surface area contributed by atoms with Crippen LogP contribution in [0.2, 0.25) is 0 Å². The van der Waals surface area contributed by atoms with Crippen molar-refractivity contribution in [1.82, 2.24) is 5.32 Å². The zero-order chi connectivity index (χ0) is 13.5. The summed E-state index contributed by atoms with van der Waals surface area (Å²) in [4.78, 5) is 0. The molecule has 0 radical (unpaired) electrons. The van der Waals surface area contributed by atoms with E-state index in [0.717, 1.165) is 31.5 Å². The fourth-order valence-corrected chi connectivity index (χ4v) is 2.96. The van der Waals surface area contributed by atoms with Crippen LogP contribution in [0.3, 0.4) is 0 Å². The van der Waals surface area contributed by atoms with Crippen LogP contribution in [0.4, 0.5) is 4.39 Å². The standard InChI is InChI=1S/C16H20FNS/c1-2-18-11-14(9-13-7-8-19-12-13)10-15-5-3-4-6-16(15)17/h3-8,12,14,18H,2,9-11H2,1H3. The molecule has 1 aromatic carbocycles. The summed E-state index contributed by atoms with van der Waals surface area (Å²) in [5, 5.41) is 7.66. The monoisotopic (exact) mass is 277 g/mol. The molecule has 0 amide bonds. The molecular formula is C16H20FNS. The van der Waals surface area contributed by atoms with E-state index >= 15 is 0 Å². The zero-order valence-electron chi connectivity index (χ0n) is 11.2. The molecule has 0 saturated heterocycles. The highest BCUT2D eigenvalue weighted by atomic mass is 32.1. The van der Waals surface area contributed by atoms with E-state index in [-0.39, 0.29) is 5.82 Å². The van der Waals surface area contributed by atoms with Gasteiger partial charge in [0.15, 0.2) is 0 Å². The maximum atomic E-state index is 13.7. The van der Waals surface area contributed by atoms with E-state index in [1.807, 2.05) is 12.1 Å². The van der Waals surface area contributed by atoms with E-state index in [4.69, 9.17) is 0 Å². The van der Waals surface area contributed by atoms with Crippen molar-refractivity contribution in [3.8, 4) is 0 Å². The van der Waals surface area contributed by atoms with E-state index in [0.29, 0.717) is 5.92 Å². The summed E-state index contributed by atoms with van der Waals surface area (Å²) in [6, 6.07) is 9.25. The summed E-state index contributed by atoms with van der Waals surface area (Å²) < 4.78 is 13.7. The lowest BCUT2D eigenvalue weighted by atomic mass is 9.93. The van der Waals surface area contributed by atoms with Gasteiger partial charge in [0.25, 0.3) is 0 Å². The minimum atomic E-state index is -0.0886. The largest absolute Gasteiger partial charge is 0.317 e. The van der Waals surface area contributed by atoms with E-state index in [2.05, 4.69) is 29.1 Å². The van der Waals surface area contributed by atoms with Crippen LogP contribution in [-0.4, -0.2) is 13.1 Å². The Morgan fingerprint density at radius 3 is 2.74 bits per heavy atom. The highest BCUT2D eigenvalue weighted by Crippen LogP contribution is 2.18. The summed E-state index contributed by atoms with van der Waals surface area (Å²) in [6.45, 7) is 3.99. The average Bonchev–Trinajstić information content (AvgIpc) is 2.91. The topological polar surface area (TPSA) is 12.0 Å². The maximum absolute atomic E-state index is 13.7. The number of hydrogen-bond acceptors (Lipinski definition) is 2. The van der Waals surface area contributed by atoms with Gasteiger partial charge in [-0.3, -0.25) is 0 Å². The van der Waals surface area contributed by atoms with Gasteiger partial charge in [-0.25, -0.2) is 4.39 Å². The first-order valence-electron chi connectivity index (χ1n) is 6.74. The second kappa shape index (κ2) is 7.41. The Labute approximate surface area is 118 Å². The third-order valence-electron chi connectivity index (χ3n) is 3.25. The predicted molar refractivity (Wildman–Crippen MR) is 80.2 cm³/mol. The van der Waals surface area contributed by atoms with Gasteiger partial charge >= 0.3 is 0 Å². The number of hydrogen-bond donors (Lipinski definition) is 1. The Bertz CT molecular complexity index is 481. The molecule has 0 aliphatic heterocycles. The molecule has 0 fully saturated rings. The molecule has 0 saturated carbocycles. The number of halogens is 1. The summed E-state index contributed by atoms with van der Waals surface area (Å²) in [7, 11) is 0. The van der Waals surface area contributed by atoms with Crippen molar-refractivity contribution in [1.29, 1.82) is 0 Å². The van der Waals surface area contributed by atoms with Crippen molar-refractivity contribution >= 4 is 11.3 Å². The van der Waals surface area contributed by atoms with Gasteiger partial charge in [0.05, 0.1) is 0 Å². The van der Waals surface area contributed by atoms with Gasteiger partial charge in [0.2, 0.25) is 0 Å². The molecule has 0 aliphatic carbocycles. The summed E-state index contributed by atoms with van der Waals surface area (Å²) >= 11 is 1.72. The van der Waals surface area contributed by atoms with Crippen molar-refractivity contribution in [2.45, 2.75) is 19.8 Å².